The second-order valence-corrected chi connectivity index (χ2v) is 9.10. The summed E-state index contributed by atoms with van der Waals surface area (Å²) in [7, 11) is 1.62. The number of nitrogens with zero attached hydrogens (tertiary/aromatic N) is 3. The van der Waals surface area contributed by atoms with E-state index in [0.29, 0.717) is 18.8 Å². The molecule has 2 aromatic rings. The first kappa shape index (κ1) is 25.4. The minimum Gasteiger partial charge on any atom is -0.497 e. The first-order chi connectivity index (χ1) is 15.2. The molecular formula is C25H38N4O3. The van der Waals surface area contributed by atoms with Gasteiger partial charge in [-0.2, -0.15) is 5.10 Å². The molecule has 2 amide bonds. The van der Waals surface area contributed by atoms with E-state index in [2.05, 4.69) is 39.9 Å². The Labute approximate surface area is 192 Å². The number of amides is 2. The Morgan fingerprint density at radius 2 is 1.75 bits per heavy atom. The molecule has 1 N–H and O–H groups in total. The lowest BCUT2D eigenvalue weighted by molar-refractivity contribution is -0.134. The number of rotatable bonds is 11. The van der Waals surface area contributed by atoms with E-state index in [9.17, 15) is 9.59 Å². The van der Waals surface area contributed by atoms with Crippen LogP contribution in [0, 0.1) is 0 Å². The highest BCUT2D eigenvalue weighted by Gasteiger charge is 2.23. The van der Waals surface area contributed by atoms with Gasteiger partial charge in [-0.15, -0.1) is 0 Å². The molecule has 0 atom stereocenters. The molecule has 0 saturated carbocycles. The number of carbonyl (C=O) groups is 2. The van der Waals surface area contributed by atoms with Gasteiger partial charge in [0, 0.05) is 24.4 Å². The molecule has 1 heterocycles. The molecule has 7 nitrogen and oxygen atoms in total. The number of benzene rings is 1. The molecule has 176 valence electrons. The maximum absolute atomic E-state index is 12.9. The van der Waals surface area contributed by atoms with E-state index in [0.717, 1.165) is 42.8 Å². The van der Waals surface area contributed by atoms with Gasteiger partial charge in [0.15, 0.2) is 0 Å². The molecule has 0 saturated heterocycles. The molecule has 7 heteroatoms. The van der Waals surface area contributed by atoms with Crippen molar-refractivity contribution in [1.29, 1.82) is 0 Å². The molecule has 0 radical (unpaired) electrons. The first-order valence-corrected chi connectivity index (χ1v) is 11.5. The van der Waals surface area contributed by atoms with E-state index >= 15 is 0 Å². The Bertz CT molecular complexity index is 882. The smallest absolute Gasteiger partial charge is 0.245 e. The van der Waals surface area contributed by atoms with Gasteiger partial charge in [-0.05, 0) is 37.1 Å². The Kier molecular flexibility index (Phi) is 9.29. The van der Waals surface area contributed by atoms with Gasteiger partial charge >= 0.3 is 0 Å². The summed E-state index contributed by atoms with van der Waals surface area (Å²) in [5.41, 5.74) is 1.50. The molecule has 0 aliphatic carbocycles. The lowest BCUT2D eigenvalue weighted by atomic mass is 9.92. The molecule has 32 heavy (non-hydrogen) atoms. The molecule has 1 aromatic heterocycles. The summed E-state index contributed by atoms with van der Waals surface area (Å²) in [6, 6.07) is 9.42. The predicted molar refractivity (Wildman–Crippen MR) is 128 cm³/mol. The van der Waals surface area contributed by atoms with E-state index < -0.39 is 0 Å². The number of methoxy groups -OCH3 is 1. The number of hydrogen-bond donors (Lipinski definition) is 1. The predicted octanol–water partition coefficient (Wildman–Crippen LogP) is 4.94. The summed E-state index contributed by atoms with van der Waals surface area (Å²) in [6.45, 7) is 11.0. The average molecular weight is 443 g/mol. The van der Waals surface area contributed by atoms with Crippen LogP contribution in [-0.2, 0) is 15.0 Å². The van der Waals surface area contributed by atoms with Gasteiger partial charge < -0.3 is 15.0 Å². The third-order valence-corrected chi connectivity index (χ3v) is 5.28. The second-order valence-electron chi connectivity index (χ2n) is 9.10. The van der Waals surface area contributed by atoms with Crippen molar-refractivity contribution >= 4 is 17.6 Å². The summed E-state index contributed by atoms with van der Waals surface area (Å²) in [6.07, 6.45) is 4.12. The van der Waals surface area contributed by atoms with Gasteiger partial charge in [0.1, 0.15) is 11.6 Å². The summed E-state index contributed by atoms with van der Waals surface area (Å²) in [5.74, 6) is 1.15. The zero-order chi connectivity index (χ0) is 23.7. The highest BCUT2D eigenvalue weighted by Crippen LogP contribution is 2.27. The minimum absolute atomic E-state index is 0.0366. The van der Waals surface area contributed by atoms with Crippen LogP contribution in [0.3, 0.4) is 0 Å². The third-order valence-electron chi connectivity index (χ3n) is 5.28. The van der Waals surface area contributed by atoms with Crippen LogP contribution in [-0.4, -0.2) is 46.7 Å². The number of anilines is 1. The summed E-state index contributed by atoms with van der Waals surface area (Å²) in [5, 5.41) is 7.73. The molecule has 0 unspecified atom stereocenters. The largest absolute Gasteiger partial charge is 0.497 e. The Morgan fingerprint density at radius 3 is 2.31 bits per heavy atom. The second kappa shape index (κ2) is 11.7. The van der Waals surface area contributed by atoms with Crippen molar-refractivity contribution in [2.75, 3.05) is 25.5 Å². The molecular weight excluding hydrogens is 404 g/mol. The highest BCUT2D eigenvalue weighted by molar-refractivity contribution is 5.94. The zero-order valence-electron chi connectivity index (χ0n) is 20.4. The average Bonchev–Trinajstić information content (AvgIpc) is 3.19. The van der Waals surface area contributed by atoms with E-state index in [4.69, 9.17) is 9.84 Å². The van der Waals surface area contributed by atoms with Crippen LogP contribution < -0.4 is 10.1 Å². The molecule has 2 rings (SSSR count). The molecule has 0 bridgehead atoms. The summed E-state index contributed by atoms with van der Waals surface area (Å²) in [4.78, 5) is 27.2. The number of nitrogens with one attached hydrogen (secondary N) is 1. The normalized spacial score (nSPS) is 11.3. The van der Waals surface area contributed by atoms with E-state index in [-0.39, 0.29) is 23.8 Å². The fourth-order valence-corrected chi connectivity index (χ4v) is 3.24. The third kappa shape index (κ3) is 7.11. The van der Waals surface area contributed by atoms with Gasteiger partial charge in [-0.3, -0.25) is 9.59 Å². The monoisotopic (exact) mass is 442 g/mol. The van der Waals surface area contributed by atoms with Gasteiger partial charge in [-0.25, -0.2) is 4.68 Å². The molecule has 0 fully saturated rings. The fourth-order valence-electron chi connectivity index (χ4n) is 3.24. The van der Waals surface area contributed by atoms with E-state index in [1.807, 2.05) is 30.3 Å². The minimum atomic E-state index is -0.221. The lowest BCUT2D eigenvalue weighted by Crippen LogP contribution is -2.38. The van der Waals surface area contributed by atoms with Crippen molar-refractivity contribution in [1.82, 2.24) is 14.7 Å². The van der Waals surface area contributed by atoms with Crippen molar-refractivity contribution in [2.24, 2.45) is 0 Å². The summed E-state index contributed by atoms with van der Waals surface area (Å²) < 4.78 is 6.98. The van der Waals surface area contributed by atoms with E-state index in [1.165, 1.54) is 0 Å². The Balaban J connectivity index is 2.25. The van der Waals surface area contributed by atoms with Crippen LogP contribution in [0.25, 0.3) is 5.69 Å². The fraction of sp³-hybridized carbons (Fsp3) is 0.560. The van der Waals surface area contributed by atoms with Crippen LogP contribution in [0.15, 0.2) is 30.3 Å². The first-order valence-electron chi connectivity index (χ1n) is 11.5. The molecule has 0 aliphatic rings. The zero-order valence-corrected chi connectivity index (χ0v) is 20.4. The van der Waals surface area contributed by atoms with Crippen molar-refractivity contribution in [3.8, 4) is 11.4 Å². The Morgan fingerprint density at radius 1 is 1.09 bits per heavy atom. The van der Waals surface area contributed by atoms with Crippen LogP contribution in [0.4, 0.5) is 5.82 Å². The SMILES string of the molecule is CCCCC(=O)N(CCCC)CC(=O)Nc1cc(C(C)(C)C)nn1-c1ccc(OC)cc1. The highest BCUT2D eigenvalue weighted by atomic mass is 16.5. The summed E-state index contributed by atoms with van der Waals surface area (Å²) >= 11 is 0. The number of ether oxygens (including phenoxy) is 1. The van der Waals surface area contributed by atoms with E-state index in [1.54, 1.807) is 16.7 Å². The number of hydrogen-bond acceptors (Lipinski definition) is 4. The molecule has 1 aromatic carbocycles. The van der Waals surface area contributed by atoms with Gasteiger partial charge in [0.05, 0.1) is 25.0 Å². The quantitative estimate of drug-likeness (QED) is 0.535. The molecule has 0 spiro atoms. The standard InChI is InChI=1S/C25H38N4O3/c1-7-9-11-24(31)28(16-10-8-2)18-23(30)26-22-17-21(25(3,4)5)27-29(22)19-12-14-20(32-6)15-13-19/h12-15,17H,7-11,16,18H2,1-6H3,(H,26,30). The Hall–Kier alpha value is -2.83. The van der Waals surface area contributed by atoms with Crippen molar-refractivity contribution < 1.29 is 14.3 Å². The number of aromatic nitrogens is 2. The van der Waals surface area contributed by atoms with Gasteiger partial charge in [0.25, 0.3) is 0 Å². The topological polar surface area (TPSA) is 76.5 Å². The maximum Gasteiger partial charge on any atom is 0.245 e. The van der Waals surface area contributed by atoms with Crippen molar-refractivity contribution in [3.05, 3.63) is 36.0 Å². The van der Waals surface area contributed by atoms with Gasteiger partial charge in [0.2, 0.25) is 11.8 Å². The number of carbonyl (C=O) groups excluding carboxylic acids is 2. The number of unbranched alkanes of at least 4 members (excludes halogenated alkanes) is 2. The lowest BCUT2D eigenvalue weighted by Gasteiger charge is -2.22. The van der Waals surface area contributed by atoms with Gasteiger partial charge in [-0.1, -0.05) is 47.5 Å². The van der Waals surface area contributed by atoms with Crippen LogP contribution >= 0.6 is 0 Å². The van der Waals surface area contributed by atoms with Crippen molar-refractivity contribution in [2.45, 2.75) is 72.1 Å². The maximum atomic E-state index is 12.9. The molecule has 0 aliphatic heterocycles. The van der Waals surface area contributed by atoms with Crippen LogP contribution in [0.5, 0.6) is 5.75 Å². The van der Waals surface area contributed by atoms with Crippen LogP contribution in [0.2, 0.25) is 0 Å². The van der Waals surface area contributed by atoms with Crippen molar-refractivity contribution in [3.63, 3.8) is 0 Å². The van der Waals surface area contributed by atoms with Crippen LogP contribution in [0.1, 0.15) is 72.4 Å².